The molecule has 3 aliphatic rings. The summed E-state index contributed by atoms with van der Waals surface area (Å²) in [5.41, 5.74) is 5.45. The Morgan fingerprint density at radius 1 is 1.33 bits per heavy atom. The summed E-state index contributed by atoms with van der Waals surface area (Å²) < 4.78 is 0. The molecule has 2 N–H and O–H groups in total. The van der Waals surface area contributed by atoms with Crippen LogP contribution in [0.15, 0.2) is 0 Å². The normalized spacial score (nSPS) is 35.4. The second-order valence-electron chi connectivity index (χ2n) is 5.87. The molecule has 5 heteroatoms. The van der Waals surface area contributed by atoms with Gasteiger partial charge in [0, 0.05) is 32.1 Å². The molecule has 2 bridgehead atoms. The molecular weight excluding hydrogens is 230 g/mol. The molecule has 2 amide bonds. The summed E-state index contributed by atoms with van der Waals surface area (Å²) in [6.07, 6.45) is 3.99. The lowest BCUT2D eigenvalue weighted by atomic mass is 9.76. The highest BCUT2D eigenvalue weighted by atomic mass is 16.2. The number of nitrogens with zero attached hydrogens (tertiary/aromatic N) is 2. The van der Waals surface area contributed by atoms with Crippen LogP contribution in [-0.4, -0.2) is 53.8 Å². The SMILES string of the molecule is NCC(=O)N1C[C@@H]2C[C@@H](C1)[C@@H]1CCCC(=O)N1C2. The van der Waals surface area contributed by atoms with Crippen LogP contribution >= 0.6 is 0 Å². The first-order valence-corrected chi connectivity index (χ1v) is 6.96. The zero-order valence-electron chi connectivity index (χ0n) is 10.7. The highest BCUT2D eigenvalue weighted by molar-refractivity contribution is 5.79. The maximum absolute atomic E-state index is 12.0. The van der Waals surface area contributed by atoms with Gasteiger partial charge in [-0.1, -0.05) is 0 Å². The van der Waals surface area contributed by atoms with Gasteiger partial charge in [0.1, 0.15) is 0 Å². The van der Waals surface area contributed by atoms with Crippen LogP contribution in [0, 0.1) is 11.8 Å². The van der Waals surface area contributed by atoms with Crippen LogP contribution in [0.4, 0.5) is 0 Å². The quantitative estimate of drug-likeness (QED) is 0.702. The maximum atomic E-state index is 12.0. The fourth-order valence-corrected chi connectivity index (χ4v) is 3.94. The van der Waals surface area contributed by atoms with Gasteiger partial charge in [-0.15, -0.1) is 0 Å². The van der Waals surface area contributed by atoms with E-state index in [2.05, 4.69) is 4.90 Å². The molecule has 3 aliphatic heterocycles. The lowest BCUT2D eigenvalue weighted by Gasteiger charge is -2.52. The van der Waals surface area contributed by atoms with E-state index in [-0.39, 0.29) is 12.5 Å². The molecule has 0 saturated carbocycles. The van der Waals surface area contributed by atoms with E-state index in [1.165, 1.54) is 6.42 Å². The van der Waals surface area contributed by atoms with Crippen molar-refractivity contribution in [1.82, 2.24) is 9.80 Å². The number of nitrogens with two attached hydrogens (primary N) is 1. The van der Waals surface area contributed by atoms with Crippen molar-refractivity contribution in [3.8, 4) is 0 Å². The third-order valence-corrected chi connectivity index (χ3v) is 4.71. The van der Waals surface area contributed by atoms with Gasteiger partial charge in [-0.2, -0.15) is 0 Å². The van der Waals surface area contributed by atoms with Crippen LogP contribution in [0.1, 0.15) is 25.7 Å². The highest BCUT2D eigenvalue weighted by Crippen LogP contribution is 2.37. The van der Waals surface area contributed by atoms with Gasteiger partial charge in [0.25, 0.3) is 0 Å². The second-order valence-corrected chi connectivity index (χ2v) is 5.87. The Kier molecular flexibility index (Phi) is 3.01. The Balaban J connectivity index is 1.76. The molecule has 0 aromatic heterocycles. The van der Waals surface area contributed by atoms with E-state index < -0.39 is 0 Å². The van der Waals surface area contributed by atoms with Gasteiger partial charge in [-0.25, -0.2) is 0 Å². The first kappa shape index (κ1) is 12.0. The zero-order chi connectivity index (χ0) is 12.7. The van der Waals surface area contributed by atoms with E-state index in [0.29, 0.717) is 30.2 Å². The molecule has 5 nitrogen and oxygen atoms in total. The first-order chi connectivity index (χ1) is 8.69. The maximum Gasteiger partial charge on any atom is 0.236 e. The third kappa shape index (κ3) is 1.90. The Morgan fingerprint density at radius 2 is 2.17 bits per heavy atom. The molecule has 3 heterocycles. The van der Waals surface area contributed by atoms with E-state index in [4.69, 9.17) is 5.73 Å². The molecule has 3 atom stereocenters. The van der Waals surface area contributed by atoms with Crippen LogP contribution in [-0.2, 0) is 9.59 Å². The monoisotopic (exact) mass is 251 g/mol. The highest BCUT2D eigenvalue weighted by Gasteiger charge is 2.44. The molecule has 18 heavy (non-hydrogen) atoms. The summed E-state index contributed by atoms with van der Waals surface area (Å²) in [5, 5.41) is 0. The zero-order valence-corrected chi connectivity index (χ0v) is 10.7. The Morgan fingerprint density at radius 3 is 2.94 bits per heavy atom. The van der Waals surface area contributed by atoms with Crippen LogP contribution in [0.3, 0.4) is 0 Å². The number of amides is 2. The molecule has 0 aromatic carbocycles. The lowest BCUT2D eigenvalue weighted by molar-refractivity contribution is -0.148. The topological polar surface area (TPSA) is 66.6 Å². The minimum atomic E-state index is 0.0558. The number of piperidine rings is 3. The molecule has 3 rings (SSSR count). The number of rotatable bonds is 1. The van der Waals surface area contributed by atoms with E-state index in [1.54, 1.807) is 0 Å². The lowest BCUT2D eigenvalue weighted by Crippen LogP contribution is -2.61. The Hall–Kier alpha value is -1.10. The van der Waals surface area contributed by atoms with Crippen LogP contribution in [0.2, 0.25) is 0 Å². The summed E-state index contributed by atoms with van der Waals surface area (Å²) in [6.45, 7) is 2.52. The summed E-state index contributed by atoms with van der Waals surface area (Å²) in [5.74, 6) is 1.30. The number of likely N-dealkylation sites (tertiary alicyclic amines) is 1. The average Bonchev–Trinajstić information content (AvgIpc) is 2.39. The minimum Gasteiger partial charge on any atom is -0.341 e. The summed E-state index contributed by atoms with van der Waals surface area (Å²) >= 11 is 0. The van der Waals surface area contributed by atoms with Gasteiger partial charge in [0.15, 0.2) is 0 Å². The van der Waals surface area contributed by atoms with Crippen molar-refractivity contribution in [3.63, 3.8) is 0 Å². The van der Waals surface area contributed by atoms with Crippen molar-refractivity contribution in [2.24, 2.45) is 17.6 Å². The van der Waals surface area contributed by atoms with E-state index in [0.717, 1.165) is 32.5 Å². The molecule has 0 radical (unpaired) electrons. The predicted molar refractivity (Wildman–Crippen MR) is 66.6 cm³/mol. The first-order valence-electron chi connectivity index (χ1n) is 6.96. The Bertz CT molecular complexity index is 371. The summed E-state index contributed by atoms with van der Waals surface area (Å²) in [4.78, 5) is 27.7. The fraction of sp³-hybridized carbons (Fsp3) is 0.846. The van der Waals surface area contributed by atoms with Crippen molar-refractivity contribution in [2.75, 3.05) is 26.2 Å². The van der Waals surface area contributed by atoms with Gasteiger partial charge in [0.2, 0.25) is 11.8 Å². The molecule has 0 unspecified atom stereocenters. The predicted octanol–water partition coefficient (Wildman–Crippen LogP) is -0.195. The third-order valence-electron chi connectivity index (χ3n) is 4.71. The smallest absolute Gasteiger partial charge is 0.236 e. The standard InChI is InChI=1S/C13H21N3O2/c14-5-13(18)15-6-9-4-10(8-15)11-2-1-3-12(17)16(11)7-9/h9-11H,1-8,14H2/t9-,10-,11-/m0/s1. The summed E-state index contributed by atoms with van der Waals surface area (Å²) in [7, 11) is 0. The molecule has 0 spiro atoms. The molecule has 3 fully saturated rings. The van der Waals surface area contributed by atoms with Gasteiger partial charge in [0.05, 0.1) is 6.54 Å². The summed E-state index contributed by atoms with van der Waals surface area (Å²) in [6, 6.07) is 0.371. The molecule has 0 aromatic rings. The van der Waals surface area contributed by atoms with Crippen molar-refractivity contribution in [3.05, 3.63) is 0 Å². The van der Waals surface area contributed by atoms with Gasteiger partial charge in [-0.3, -0.25) is 9.59 Å². The van der Waals surface area contributed by atoms with Gasteiger partial charge < -0.3 is 15.5 Å². The minimum absolute atomic E-state index is 0.0558. The Labute approximate surface area is 107 Å². The number of hydrogen-bond acceptors (Lipinski definition) is 3. The molecule has 3 saturated heterocycles. The van der Waals surface area contributed by atoms with Crippen LogP contribution in [0.25, 0.3) is 0 Å². The van der Waals surface area contributed by atoms with Crippen molar-refractivity contribution >= 4 is 11.8 Å². The van der Waals surface area contributed by atoms with E-state index in [1.807, 2.05) is 4.90 Å². The van der Waals surface area contributed by atoms with Crippen LogP contribution in [0.5, 0.6) is 0 Å². The van der Waals surface area contributed by atoms with E-state index in [9.17, 15) is 9.59 Å². The second kappa shape index (κ2) is 4.53. The van der Waals surface area contributed by atoms with Crippen molar-refractivity contribution in [2.45, 2.75) is 31.7 Å². The molecule has 100 valence electrons. The van der Waals surface area contributed by atoms with Crippen molar-refractivity contribution < 1.29 is 9.59 Å². The largest absolute Gasteiger partial charge is 0.341 e. The van der Waals surface area contributed by atoms with Crippen molar-refractivity contribution in [1.29, 1.82) is 0 Å². The molecular formula is C13H21N3O2. The average molecular weight is 251 g/mol. The van der Waals surface area contributed by atoms with Gasteiger partial charge in [-0.05, 0) is 31.1 Å². The van der Waals surface area contributed by atoms with Gasteiger partial charge >= 0.3 is 0 Å². The number of hydrogen-bond donors (Lipinski definition) is 1. The van der Waals surface area contributed by atoms with E-state index >= 15 is 0 Å². The number of carbonyl (C=O) groups is 2. The number of carbonyl (C=O) groups excluding carboxylic acids is 2. The van der Waals surface area contributed by atoms with Crippen LogP contribution < -0.4 is 5.73 Å². The number of fused-ring (bicyclic) bond motifs is 4. The fourth-order valence-electron chi connectivity index (χ4n) is 3.94. The molecule has 0 aliphatic carbocycles.